The van der Waals surface area contributed by atoms with E-state index >= 15 is 0 Å². The third-order valence-electron chi connectivity index (χ3n) is 6.76. The largest absolute Gasteiger partial charge is 0.478 e. The third kappa shape index (κ3) is 8.04. The van der Waals surface area contributed by atoms with Gasteiger partial charge < -0.3 is 9.47 Å². The monoisotopic (exact) mass is 462 g/mol. The minimum absolute atomic E-state index is 0.291. The Labute approximate surface area is 205 Å². The first-order chi connectivity index (χ1) is 16.7. The van der Waals surface area contributed by atoms with Crippen LogP contribution in [0.25, 0.3) is 21.5 Å². The number of carbonyl (C=O) groups is 1. The Morgan fingerprint density at radius 1 is 0.706 bits per heavy atom. The molecule has 0 aliphatic rings. The van der Waals surface area contributed by atoms with Crippen LogP contribution in [0.3, 0.4) is 0 Å². The lowest BCUT2D eigenvalue weighted by atomic mass is 10.0. The highest BCUT2D eigenvalue weighted by Crippen LogP contribution is 2.31. The average Bonchev–Trinajstić information content (AvgIpc) is 2.87. The van der Waals surface area contributed by atoms with Gasteiger partial charge in [0.05, 0.1) is 7.11 Å². The number of hydrogen-bond acceptors (Lipinski definition) is 3. The second-order valence-electron chi connectivity index (χ2n) is 9.48. The number of benzene rings is 3. The molecular weight excluding hydrogens is 420 g/mol. The molecule has 0 bridgehead atoms. The predicted molar refractivity (Wildman–Crippen MR) is 144 cm³/mol. The van der Waals surface area contributed by atoms with Crippen LogP contribution in [0.5, 0.6) is 5.75 Å². The molecule has 0 saturated carbocycles. The van der Waals surface area contributed by atoms with Crippen molar-refractivity contribution in [2.45, 2.75) is 96.5 Å². The van der Waals surface area contributed by atoms with Crippen LogP contribution in [0.4, 0.5) is 0 Å². The highest BCUT2D eigenvalue weighted by molar-refractivity contribution is 6.01. The third-order valence-corrected chi connectivity index (χ3v) is 6.76. The molecule has 0 N–H and O–H groups in total. The number of fused-ring (bicyclic) bond motifs is 2. The van der Waals surface area contributed by atoms with Crippen molar-refractivity contribution < 1.29 is 14.3 Å². The molecule has 0 amide bonds. The van der Waals surface area contributed by atoms with Gasteiger partial charge >= 0.3 is 5.97 Å². The van der Waals surface area contributed by atoms with Gasteiger partial charge in [-0.2, -0.15) is 0 Å². The van der Waals surface area contributed by atoms with Gasteiger partial charge in [0, 0.05) is 5.39 Å². The first kappa shape index (κ1) is 26.1. The normalized spacial score (nSPS) is 12.2. The van der Waals surface area contributed by atoms with Crippen LogP contribution in [0.2, 0.25) is 0 Å². The van der Waals surface area contributed by atoms with Crippen molar-refractivity contribution >= 4 is 27.5 Å². The summed E-state index contributed by atoms with van der Waals surface area (Å²) in [6, 6.07) is 18.7. The van der Waals surface area contributed by atoms with E-state index in [-0.39, 0.29) is 5.97 Å². The SMILES string of the molecule is CCCCCCCCCCCCCCC(Oc1cccc2cc3ccccc3cc12)C(=O)OC. The molecule has 34 heavy (non-hydrogen) atoms. The molecule has 0 radical (unpaired) electrons. The van der Waals surface area contributed by atoms with Gasteiger partial charge in [-0.25, -0.2) is 4.79 Å². The first-order valence-electron chi connectivity index (χ1n) is 13.4. The zero-order valence-corrected chi connectivity index (χ0v) is 21.2. The Bertz CT molecular complexity index is 1010. The zero-order valence-electron chi connectivity index (χ0n) is 21.2. The lowest BCUT2D eigenvalue weighted by molar-refractivity contribution is -0.149. The van der Waals surface area contributed by atoms with Gasteiger partial charge in [-0.1, -0.05) is 114 Å². The van der Waals surface area contributed by atoms with E-state index in [1.54, 1.807) is 0 Å². The van der Waals surface area contributed by atoms with E-state index in [4.69, 9.17) is 9.47 Å². The second kappa shape index (κ2) is 14.7. The van der Waals surface area contributed by atoms with Crippen molar-refractivity contribution in [2.24, 2.45) is 0 Å². The summed E-state index contributed by atoms with van der Waals surface area (Å²) in [4.78, 5) is 12.4. The molecule has 3 heteroatoms. The molecule has 3 rings (SSSR count). The molecule has 1 atom stereocenters. The number of esters is 1. The van der Waals surface area contributed by atoms with E-state index in [9.17, 15) is 4.79 Å². The summed E-state index contributed by atoms with van der Waals surface area (Å²) in [7, 11) is 1.44. The number of methoxy groups -OCH3 is 1. The zero-order chi connectivity index (χ0) is 24.0. The first-order valence-corrected chi connectivity index (χ1v) is 13.4. The summed E-state index contributed by atoms with van der Waals surface area (Å²) >= 11 is 0. The van der Waals surface area contributed by atoms with E-state index in [2.05, 4.69) is 43.3 Å². The molecule has 0 aromatic heterocycles. The summed E-state index contributed by atoms with van der Waals surface area (Å²) < 4.78 is 11.3. The van der Waals surface area contributed by atoms with Gasteiger partial charge in [-0.3, -0.25) is 0 Å². The van der Waals surface area contributed by atoms with Gasteiger partial charge in [0.1, 0.15) is 5.75 Å². The molecule has 0 aliphatic carbocycles. The quantitative estimate of drug-likeness (QED) is 0.121. The number of hydrogen-bond donors (Lipinski definition) is 0. The fraction of sp³-hybridized carbons (Fsp3) is 0.516. The molecule has 0 fully saturated rings. The van der Waals surface area contributed by atoms with Crippen molar-refractivity contribution in [3.8, 4) is 5.75 Å². The van der Waals surface area contributed by atoms with Gasteiger partial charge in [0.25, 0.3) is 0 Å². The fourth-order valence-electron chi connectivity index (χ4n) is 4.72. The number of carbonyl (C=O) groups excluding carboxylic acids is 1. The van der Waals surface area contributed by atoms with E-state index in [1.165, 1.54) is 82.1 Å². The Balaban J connectivity index is 1.46. The number of rotatable bonds is 16. The Morgan fingerprint density at radius 3 is 1.88 bits per heavy atom. The van der Waals surface area contributed by atoms with Gasteiger partial charge in [0.15, 0.2) is 6.10 Å². The van der Waals surface area contributed by atoms with E-state index in [1.807, 2.05) is 18.2 Å². The van der Waals surface area contributed by atoms with Crippen molar-refractivity contribution in [2.75, 3.05) is 7.11 Å². The Kier molecular flexibility index (Phi) is 11.2. The van der Waals surface area contributed by atoms with E-state index < -0.39 is 6.10 Å². The van der Waals surface area contributed by atoms with Crippen LogP contribution < -0.4 is 4.74 Å². The molecular formula is C31H42O3. The molecule has 3 aromatic carbocycles. The molecule has 184 valence electrons. The summed E-state index contributed by atoms with van der Waals surface area (Å²) in [5.41, 5.74) is 0. The van der Waals surface area contributed by atoms with Gasteiger partial charge in [-0.05, 0) is 47.2 Å². The minimum atomic E-state index is -0.565. The van der Waals surface area contributed by atoms with Crippen LogP contribution in [0.1, 0.15) is 90.4 Å². The average molecular weight is 463 g/mol. The Hall–Kier alpha value is -2.55. The van der Waals surface area contributed by atoms with Crippen molar-refractivity contribution in [3.05, 3.63) is 54.6 Å². The maximum absolute atomic E-state index is 12.4. The molecule has 0 aliphatic heterocycles. The lowest BCUT2D eigenvalue weighted by Crippen LogP contribution is -2.28. The second-order valence-corrected chi connectivity index (χ2v) is 9.48. The highest BCUT2D eigenvalue weighted by atomic mass is 16.6. The van der Waals surface area contributed by atoms with Crippen molar-refractivity contribution in [1.29, 1.82) is 0 Å². The van der Waals surface area contributed by atoms with Crippen molar-refractivity contribution in [3.63, 3.8) is 0 Å². The number of unbranched alkanes of at least 4 members (excludes halogenated alkanes) is 11. The fourth-order valence-corrected chi connectivity index (χ4v) is 4.72. The van der Waals surface area contributed by atoms with Crippen molar-refractivity contribution in [1.82, 2.24) is 0 Å². The summed E-state index contributed by atoms with van der Waals surface area (Å²) in [5, 5.41) is 4.52. The van der Waals surface area contributed by atoms with Crippen LogP contribution in [0, 0.1) is 0 Å². The van der Waals surface area contributed by atoms with Gasteiger partial charge in [0.2, 0.25) is 0 Å². The molecule has 0 spiro atoms. The van der Waals surface area contributed by atoms with Crippen LogP contribution in [-0.4, -0.2) is 19.2 Å². The summed E-state index contributed by atoms with van der Waals surface area (Å²) in [6.07, 6.45) is 15.7. The van der Waals surface area contributed by atoms with E-state index in [0.29, 0.717) is 6.42 Å². The van der Waals surface area contributed by atoms with Crippen LogP contribution in [0.15, 0.2) is 54.6 Å². The molecule has 1 unspecified atom stereocenters. The van der Waals surface area contributed by atoms with Crippen LogP contribution in [-0.2, 0) is 9.53 Å². The maximum Gasteiger partial charge on any atom is 0.347 e. The topological polar surface area (TPSA) is 35.5 Å². The molecule has 3 nitrogen and oxygen atoms in total. The highest BCUT2D eigenvalue weighted by Gasteiger charge is 2.21. The molecule has 0 heterocycles. The van der Waals surface area contributed by atoms with Gasteiger partial charge in [-0.15, -0.1) is 0 Å². The standard InChI is InChI=1S/C31H42O3/c1-3-4-5-6-7-8-9-10-11-12-13-14-21-30(31(32)33-2)34-29-22-17-20-27-23-25-18-15-16-19-26(25)24-28(27)29/h15-20,22-24,30H,3-14,21H2,1-2H3. The number of ether oxygens (including phenoxy) is 2. The maximum atomic E-state index is 12.4. The smallest absolute Gasteiger partial charge is 0.347 e. The predicted octanol–water partition coefficient (Wildman–Crippen LogP) is 9.00. The minimum Gasteiger partial charge on any atom is -0.478 e. The Morgan fingerprint density at radius 2 is 1.26 bits per heavy atom. The summed E-state index contributed by atoms with van der Waals surface area (Å²) in [5.74, 6) is 0.457. The molecule has 0 saturated heterocycles. The van der Waals surface area contributed by atoms with Crippen LogP contribution >= 0.6 is 0 Å². The summed E-state index contributed by atoms with van der Waals surface area (Å²) in [6.45, 7) is 2.27. The van der Waals surface area contributed by atoms with E-state index in [0.717, 1.165) is 29.4 Å². The molecule has 3 aromatic rings. The lowest BCUT2D eigenvalue weighted by Gasteiger charge is -2.18.